The molecule has 0 bridgehead atoms. The van der Waals surface area contributed by atoms with Crippen LogP contribution in [0.25, 0.3) is 10.8 Å². The van der Waals surface area contributed by atoms with E-state index < -0.39 is 0 Å². The summed E-state index contributed by atoms with van der Waals surface area (Å²) in [6, 6.07) is 12.7. The highest BCUT2D eigenvalue weighted by atomic mass is 16.5. The van der Waals surface area contributed by atoms with Gasteiger partial charge in [-0.25, -0.2) is 0 Å². The van der Waals surface area contributed by atoms with Crippen molar-refractivity contribution in [3.63, 3.8) is 0 Å². The molecule has 1 N–H and O–H groups in total. The van der Waals surface area contributed by atoms with Crippen LogP contribution in [-0.4, -0.2) is 43.9 Å². The Bertz CT molecular complexity index is 539. The molecule has 0 aliphatic heterocycles. The van der Waals surface area contributed by atoms with Crippen LogP contribution in [-0.2, 0) is 6.42 Å². The van der Waals surface area contributed by atoms with Crippen LogP contribution in [0.5, 0.6) is 5.75 Å². The highest BCUT2D eigenvalue weighted by molar-refractivity contribution is 5.84. The molecule has 0 fully saturated rings. The van der Waals surface area contributed by atoms with Crippen molar-refractivity contribution in [3.05, 3.63) is 42.0 Å². The van der Waals surface area contributed by atoms with Gasteiger partial charge >= 0.3 is 0 Å². The molecule has 0 saturated carbocycles. The number of aliphatic hydroxyl groups is 1. The van der Waals surface area contributed by atoms with Gasteiger partial charge in [-0.3, -0.25) is 0 Å². The number of aliphatic hydroxyl groups excluding tert-OH is 1. The highest BCUT2D eigenvalue weighted by Crippen LogP contribution is 2.22. The van der Waals surface area contributed by atoms with Gasteiger partial charge in [0.1, 0.15) is 5.75 Å². The summed E-state index contributed by atoms with van der Waals surface area (Å²) >= 11 is 0. The Balaban J connectivity index is 2.09. The predicted molar refractivity (Wildman–Crippen MR) is 78.8 cm³/mol. The molecule has 19 heavy (non-hydrogen) atoms. The van der Waals surface area contributed by atoms with E-state index in [9.17, 15) is 0 Å². The van der Waals surface area contributed by atoms with Gasteiger partial charge in [0.2, 0.25) is 0 Å². The van der Waals surface area contributed by atoms with E-state index in [4.69, 9.17) is 9.84 Å². The predicted octanol–water partition coefficient (Wildman–Crippen LogP) is 2.32. The fraction of sp³-hybridized carbons (Fsp3) is 0.375. The zero-order valence-corrected chi connectivity index (χ0v) is 11.6. The lowest BCUT2D eigenvalue weighted by molar-refractivity contribution is 0.223. The number of benzene rings is 2. The third-order valence-corrected chi connectivity index (χ3v) is 3.38. The second-order valence-electron chi connectivity index (χ2n) is 4.82. The van der Waals surface area contributed by atoms with E-state index in [0.29, 0.717) is 0 Å². The largest absolute Gasteiger partial charge is 0.497 e. The highest BCUT2D eigenvalue weighted by Gasteiger charge is 2.01. The zero-order valence-electron chi connectivity index (χ0n) is 11.6. The third-order valence-electron chi connectivity index (χ3n) is 3.38. The molecule has 0 saturated heterocycles. The Morgan fingerprint density at radius 2 is 1.79 bits per heavy atom. The zero-order chi connectivity index (χ0) is 13.7. The Kier molecular flexibility index (Phi) is 4.77. The van der Waals surface area contributed by atoms with Crippen molar-refractivity contribution in [2.45, 2.75) is 6.42 Å². The minimum atomic E-state index is 0.216. The van der Waals surface area contributed by atoms with E-state index >= 15 is 0 Å². The number of rotatable bonds is 6. The fourth-order valence-electron chi connectivity index (χ4n) is 2.16. The molecule has 0 unspecified atom stereocenters. The first-order valence-electron chi connectivity index (χ1n) is 6.59. The molecule has 0 aliphatic rings. The van der Waals surface area contributed by atoms with Gasteiger partial charge in [0.15, 0.2) is 0 Å². The van der Waals surface area contributed by atoms with E-state index in [0.717, 1.165) is 25.3 Å². The smallest absolute Gasteiger partial charge is 0.119 e. The van der Waals surface area contributed by atoms with Crippen molar-refractivity contribution in [1.29, 1.82) is 0 Å². The maximum absolute atomic E-state index is 8.87. The molecule has 0 atom stereocenters. The minimum Gasteiger partial charge on any atom is -0.497 e. The number of fused-ring (bicyclic) bond motifs is 1. The van der Waals surface area contributed by atoms with Gasteiger partial charge < -0.3 is 14.7 Å². The molecule has 0 heterocycles. The third kappa shape index (κ3) is 3.69. The van der Waals surface area contributed by atoms with Crippen molar-refractivity contribution >= 4 is 10.8 Å². The molecule has 2 aromatic rings. The summed E-state index contributed by atoms with van der Waals surface area (Å²) < 4.78 is 5.23. The summed E-state index contributed by atoms with van der Waals surface area (Å²) in [6.45, 7) is 1.90. The molecule has 0 radical (unpaired) electrons. The minimum absolute atomic E-state index is 0.216. The first-order valence-corrected chi connectivity index (χ1v) is 6.59. The average Bonchev–Trinajstić information content (AvgIpc) is 2.44. The van der Waals surface area contributed by atoms with E-state index in [1.54, 1.807) is 7.11 Å². The van der Waals surface area contributed by atoms with Crippen molar-refractivity contribution in [2.24, 2.45) is 0 Å². The first-order chi connectivity index (χ1) is 9.22. The first kappa shape index (κ1) is 13.8. The van der Waals surface area contributed by atoms with Gasteiger partial charge in [-0.05, 0) is 41.9 Å². The summed E-state index contributed by atoms with van der Waals surface area (Å²) in [4.78, 5) is 2.14. The van der Waals surface area contributed by atoms with Gasteiger partial charge in [0.25, 0.3) is 0 Å². The van der Waals surface area contributed by atoms with E-state index in [2.05, 4.69) is 35.2 Å². The lowest BCUT2D eigenvalue weighted by atomic mass is 10.0. The van der Waals surface area contributed by atoms with Crippen LogP contribution in [0.1, 0.15) is 5.56 Å². The van der Waals surface area contributed by atoms with Gasteiger partial charge in [0.05, 0.1) is 13.7 Å². The molecule has 3 nitrogen and oxygen atoms in total. The Morgan fingerprint density at radius 3 is 2.53 bits per heavy atom. The Labute approximate surface area is 114 Å². The van der Waals surface area contributed by atoms with Crippen molar-refractivity contribution in [2.75, 3.05) is 33.9 Å². The van der Waals surface area contributed by atoms with E-state index in [-0.39, 0.29) is 6.61 Å². The van der Waals surface area contributed by atoms with Crippen molar-refractivity contribution < 1.29 is 9.84 Å². The summed E-state index contributed by atoms with van der Waals surface area (Å²) in [7, 11) is 3.72. The lowest BCUT2D eigenvalue weighted by Crippen LogP contribution is -2.24. The summed E-state index contributed by atoms with van der Waals surface area (Å²) in [5, 5.41) is 11.3. The van der Waals surface area contributed by atoms with E-state index in [1.807, 2.05) is 13.1 Å². The summed E-state index contributed by atoms with van der Waals surface area (Å²) in [6.07, 6.45) is 0.998. The number of likely N-dealkylation sites (N-methyl/N-ethyl adjacent to an activating group) is 1. The number of ether oxygens (including phenoxy) is 1. The van der Waals surface area contributed by atoms with Crippen molar-refractivity contribution in [3.8, 4) is 5.75 Å². The SMILES string of the molecule is COc1ccc2cc(CCN(C)CCO)ccc2c1. The normalized spacial score (nSPS) is 11.2. The van der Waals surface area contributed by atoms with E-state index in [1.165, 1.54) is 16.3 Å². The standard InChI is InChI=1S/C16H21NO2/c1-17(9-10-18)8-7-13-3-4-15-12-16(19-2)6-5-14(15)11-13/h3-6,11-12,18H,7-10H2,1-2H3. The second kappa shape index (κ2) is 6.55. The van der Waals surface area contributed by atoms with Crippen LogP contribution in [0.3, 0.4) is 0 Å². The van der Waals surface area contributed by atoms with Crippen LogP contribution in [0, 0.1) is 0 Å². The fourth-order valence-corrected chi connectivity index (χ4v) is 2.16. The Morgan fingerprint density at radius 1 is 1.05 bits per heavy atom. The van der Waals surface area contributed by atoms with Gasteiger partial charge in [-0.1, -0.05) is 24.3 Å². The molecule has 2 rings (SSSR count). The molecule has 102 valence electrons. The average molecular weight is 259 g/mol. The summed E-state index contributed by atoms with van der Waals surface area (Å²) in [5.41, 5.74) is 1.32. The molecular formula is C16H21NO2. The van der Waals surface area contributed by atoms with Gasteiger partial charge in [-0.2, -0.15) is 0 Å². The number of methoxy groups -OCH3 is 1. The number of nitrogens with zero attached hydrogens (tertiary/aromatic N) is 1. The molecule has 0 aromatic heterocycles. The molecule has 0 spiro atoms. The van der Waals surface area contributed by atoms with Crippen LogP contribution in [0.4, 0.5) is 0 Å². The van der Waals surface area contributed by atoms with Crippen LogP contribution in [0.15, 0.2) is 36.4 Å². The Hall–Kier alpha value is -1.58. The summed E-state index contributed by atoms with van der Waals surface area (Å²) in [5.74, 6) is 0.892. The number of hydrogen-bond donors (Lipinski definition) is 1. The molecule has 2 aromatic carbocycles. The molecular weight excluding hydrogens is 238 g/mol. The van der Waals surface area contributed by atoms with Crippen molar-refractivity contribution in [1.82, 2.24) is 4.90 Å². The number of hydrogen-bond acceptors (Lipinski definition) is 3. The second-order valence-corrected chi connectivity index (χ2v) is 4.82. The van der Waals surface area contributed by atoms with Crippen LogP contribution >= 0.6 is 0 Å². The topological polar surface area (TPSA) is 32.7 Å². The van der Waals surface area contributed by atoms with Crippen LogP contribution in [0.2, 0.25) is 0 Å². The molecule has 0 aliphatic carbocycles. The quantitative estimate of drug-likeness (QED) is 0.864. The maximum Gasteiger partial charge on any atom is 0.119 e. The van der Waals surface area contributed by atoms with Gasteiger partial charge in [-0.15, -0.1) is 0 Å². The van der Waals surface area contributed by atoms with Crippen LogP contribution < -0.4 is 4.74 Å². The lowest BCUT2D eigenvalue weighted by Gasteiger charge is -2.15. The molecule has 3 heteroatoms. The molecule has 0 amide bonds. The van der Waals surface area contributed by atoms with Gasteiger partial charge in [0, 0.05) is 13.1 Å². The monoisotopic (exact) mass is 259 g/mol. The maximum atomic E-state index is 8.87.